The van der Waals surface area contributed by atoms with E-state index in [0.717, 1.165) is 38.9 Å². The molecule has 0 atom stereocenters. The Balaban J connectivity index is 1.69. The van der Waals surface area contributed by atoms with Gasteiger partial charge >= 0.3 is 0 Å². The van der Waals surface area contributed by atoms with Crippen LogP contribution in [0.5, 0.6) is 0 Å². The molecule has 0 unspecified atom stereocenters. The van der Waals surface area contributed by atoms with E-state index < -0.39 is 0 Å². The SMILES string of the molecule is CCN(CC)CCCCCC(=O)Nc1ccc(C(=O)Nc2nccs2)cc1. The molecule has 1 heterocycles. The highest BCUT2D eigenvalue weighted by molar-refractivity contribution is 7.13. The Morgan fingerprint density at radius 1 is 1.04 bits per heavy atom. The lowest BCUT2D eigenvalue weighted by Crippen LogP contribution is -2.23. The van der Waals surface area contributed by atoms with Crippen LogP contribution in [0.3, 0.4) is 0 Å². The Morgan fingerprint density at radius 2 is 1.78 bits per heavy atom. The molecule has 0 aliphatic heterocycles. The van der Waals surface area contributed by atoms with Gasteiger partial charge in [0.2, 0.25) is 5.91 Å². The molecular formula is C20H28N4O2S. The standard InChI is InChI=1S/C20H28N4O2S/c1-3-24(4-2)14-7-5-6-8-18(25)22-17-11-9-16(10-12-17)19(26)23-20-21-13-15-27-20/h9-13,15H,3-8,14H2,1-2H3,(H,22,25)(H,21,23,26). The Bertz CT molecular complexity index is 697. The van der Waals surface area contributed by atoms with Crippen molar-refractivity contribution in [2.45, 2.75) is 39.5 Å². The van der Waals surface area contributed by atoms with Crippen LogP contribution in [0, 0.1) is 0 Å². The number of carbonyl (C=O) groups is 2. The molecule has 2 aromatic rings. The second kappa shape index (κ2) is 11.5. The smallest absolute Gasteiger partial charge is 0.257 e. The lowest BCUT2D eigenvalue weighted by Gasteiger charge is -2.17. The maximum atomic E-state index is 12.1. The fourth-order valence-corrected chi connectivity index (χ4v) is 3.24. The van der Waals surface area contributed by atoms with E-state index in [1.54, 1.807) is 35.8 Å². The van der Waals surface area contributed by atoms with E-state index in [1.807, 2.05) is 0 Å². The highest BCUT2D eigenvalue weighted by Gasteiger charge is 2.08. The lowest BCUT2D eigenvalue weighted by atomic mass is 10.1. The molecule has 27 heavy (non-hydrogen) atoms. The molecule has 2 amide bonds. The van der Waals surface area contributed by atoms with Crippen LogP contribution in [0.2, 0.25) is 0 Å². The van der Waals surface area contributed by atoms with E-state index in [4.69, 9.17) is 0 Å². The van der Waals surface area contributed by atoms with Crippen LogP contribution in [-0.2, 0) is 4.79 Å². The van der Waals surface area contributed by atoms with Crippen molar-refractivity contribution < 1.29 is 9.59 Å². The van der Waals surface area contributed by atoms with Gasteiger partial charge in [0.15, 0.2) is 5.13 Å². The maximum Gasteiger partial charge on any atom is 0.257 e. The van der Waals surface area contributed by atoms with Crippen molar-refractivity contribution in [1.82, 2.24) is 9.88 Å². The molecule has 0 bridgehead atoms. The second-order valence-electron chi connectivity index (χ2n) is 6.25. The number of hydrogen-bond donors (Lipinski definition) is 2. The third kappa shape index (κ3) is 7.48. The summed E-state index contributed by atoms with van der Waals surface area (Å²) < 4.78 is 0. The first-order valence-electron chi connectivity index (χ1n) is 9.45. The average molecular weight is 389 g/mol. The van der Waals surface area contributed by atoms with Gasteiger partial charge in [-0.2, -0.15) is 0 Å². The molecule has 2 rings (SSSR count). The quantitative estimate of drug-likeness (QED) is 0.565. The van der Waals surface area contributed by atoms with E-state index in [1.165, 1.54) is 11.3 Å². The zero-order chi connectivity index (χ0) is 19.5. The summed E-state index contributed by atoms with van der Waals surface area (Å²) in [5.41, 5.74) is 1.23. The highest BCUT2D eigenvalue weighted by atomic mass is 32.1. The molecule has 0 aliphatic carbocycles. The zero-order valence-corrected chi connectivity index (χ0v) is 16.8. The van der Waals surface area contributed by atoms with Gasteiger partial charge in [-0.3, -0.25) is 14.9 Å². The number of anilines is 2. The number of nitrogens with one attached hydrogen (secondary N) is 2. The fraction of sp³-hybridized carbons (Fsp3) is 0.450. The van der Waals surface area contributed by atoms with E-state index in [-0.39, 0.29) is 11.8 Å². The zero-order valence-electron chi connectivity index (χ0n) is 16.0. The first-order chi connectivity index (χ1) is 13.1. The van der Waals surface area contributed by atoms with Gasteiger partial charge in [0, 0.05) is 29.2 Å². The Morgan fingerprint density at radius 3 is 2.41 bits per heavy atom. The van der Waals surface area contributed by atoms with Crippen LogP contribution < -0.4 is 10.6 Å². The van der Waals surface area contributed by atoms with E-state index >= 15 is 0 Å². The molecule has 0 saturated carbocycles. The van der Waals surface area contributed by atoms with Gasteiger partial charge < -0.3 is 10.2 Å². The largest absolute Gasteiger partial charge is 0.326 e. The van der Waals surface area contributed by atoms with E-state index in [0.29, 0.717) is 22.8 Å². The fourth-order valence-electron chi connectivity index (χ4n) is 2.72. The van der Waals surface area contributed by atoms with Crippen molar-refractivity contribution in [1.29, 1.82) is 0 Å². The first kappa shape index (κ1) is 21.1. The summed E-state index contributed by atoms with van der Waals surface area (Å²) in [5.74, 6) is -0.200. The molecule has 0 spiro atoms. The van der Waals surface area contributed by atoms with Gasteiger partial charge in [-0.15, -0.1) is 11.3 Å². The average Bonchev–Trinajstić information content (AvgIpc) is 3.18. The molecule has 1 aromatic heterocycles. The molecule has 146 valence electrons. The van der Waals surface area contributed by atoms with Crippen LogP contribution in [0.4, 0.5) is 10.8 Å². The monoisotopic (exact) mass is 388 g/mol. The first-order valence-corrected chi connectivity index (χ1v) is 10.3. The minimum Gasteiger partial charge on any atom is -0.326 e. The number of nitrogens with zero attached hydrogens (tertiary/aromatic N) is 2. The molecule has 7 heteroatoms. The third-order valence-electron chi connectivity index (χ3n) is 4.36. The predicted octanol–water partition coefficient (Wildman–Crippen LogP) is 4.24. The number of unbranched alkanes of at least 4 members (excludes halogenated alkanes) is 2. The van der Waals surface area contributed by atoms with Gasteiger partial charge in [0.1, 0.15) is 0 Å². The second-order valence-corrected chi connectivity index (χ2v) is 7.15. The number of amides is 2. The van der Waals surface area contributed by atoms with Gasteiger partial charge in [-0.05, 0) is 56.7 Å². The number of benzene rings is 1. The molecule has 1 aromatic carbocycles. The third-order valence-corrected chi connectivity index (χ3v) is 5.04. The molecular weight excluding hydrogens is 360 g/mol. The number of rotatable bonds is 11. The number of thiazole rings is 1. The van der Waals surface area contributed by atoms with Crippen molar-refractivity contribution >= 4 is 34.0 Å². The van der Waals surface area contributed by atoms with Gasteiger partial charge in [-0.1, -0.05) is 20.3 Å². The summed E-state index contributed by atoms with van der Waals surface area (Å²) in [6, 6.07) is 6.88. The van der Waals surface area contributed by atoms with Crippen molar-refractivity contribution in [2.24, 2.45) is 0 Å². The summed E-state index contributed by atoms with van der Waals surface area (Å²) in [6.07, 6.45) is 5.23. The van der Waals surface area contributed by atoms with Crippen LogP contribution >= 0.6 is 11.3 Å². The van der Waals surface area contributed by atoms with Crippen molar-refractivity contribution in [3.05, 3.63) is 41.4 Å². The minimum absolute atomic E-state index is 0.0119. The molecule has 0 saturated heterocycles. The summed E-state index contributed by atoms with van der Waals surface area (Å²) in [4.78, 5) is 30.6. The van der Waals surface area contributed by atoms with Gasteiger partial charge in [0.05, 0.1) is 0 Å². The van der Waals surface area contributed by atoms with Crippen molar-refractivity contribution in [3.8, 4) is 0 Å². The van der Waals surface area contributed by atoms with E-state index in [9.17, 15) is 9.59 Å². The Hall–Kier alpha value is -2.25. The summed E-state index contributed by atoms with van der Waals surface area (Å²) in [5, 5.41) is 7.99. The Labute approximate surface area is 165 Å². The normalized spacial score (nSPS) is 10.8. The highest BCUT2D eigenvalue weighted by Crippen LogP contribution is 2.15. The van der Waals surface area contributed by atoms with E-state index in [2.05, 4.69) is 34.4 Å². The maximum absolute atomic E-state index is 12.1. The molecule has 0 fully saturated rings. The molecule has 0 aliphatic rings. The minimum atomic E-state index is -0.212. The predicted molar refractivity (Wildman–Crippen MR) is 111 cm³/mol. The topological polar surface area (TPSA) is 74.3 Å². The molecule has 6 nitrogen and oxygen atoms in total. The number of hydrogen-bond acceptors (Lipinski definition) is 5. The van der Waals surface area contributed by atoms with Crippen LogP contribution in [0.25, 0.3) is 0 Å². The summed E-state index contributed by atoms with van der Waals surface area (Å²) in [7, 11) is 0. The van der Waals surface area contributed by atoms with Crippen LogP contribution in [0.1, 0.15) is 49.9 Å². The van der Waals surface area contributed by atoms with Crippen molar-refractivity contribution in [3.63, 3.8) is 0 Å². The number of aromatic nitrogens is 1. The molecule has 0 radical (unpaired) electrons. The van der Waals surface area contributed by atoms with Crippen LogP contribution in [-0.4, -0.2) is 41.3 Å². The van der Waals surface area contributed by atoms with Crippen LogP contribution in [0.15, 0.2) is 35.8 Å². The summed E-state index contributed by atoms with van der Waals surface area (Å²) in [6.45, 7) is 7.60. The molecule has 2 N–H and O–H groups in total. The van der Waals surface area contributed by atoms with Gasteiger partial charge in [0.25, 0.3) is 5.91 Å². The van der Waals surface area contributed by atoms with Gasteiger partial charge in [-0.25, -0.2) is 4.98 Å². The van der Waals surface area contributed by atoms with Crippen molar-refractivity contribution in [2.75, 3.05) is 30.3 Å². The Kier molecular flexibility index (Phi) is 8.94. The summed E-state index contributed by atoms with van der Waals surface area (Å²) >= 11 is 1.37. The lowest BCUT2D eigenvalue weighted by molar-refractivity contribution is -0.116. The number of carbonyl (C=O) groups excluding carboxylic acids is 2.